The van der Waals surface area contributed by atoms with E-state index in [4.69, 9.17) is 20.7 Å². The molecule has 0 unspecified atom stereocenters. The fourth-order valence-corrected chi connectivity index (χ4v) is 5.21. The Balaban J connectivity index is 1.59. The first-order chi connectivity index (χ1) is 22.6. The monoisotopic (exact) mass is 654 g/mol. The molecule has 0 aliphatic heterocycles. The van der Waals surface area contributed by atoms with Gasteiger partial charge in [-0.05, 0) is 49.5 Å². The van der Waals surface area contributed by atoms with Crippen molar-refractivity contribution in [3.63, 3.8) is 0 Å². The first-order valence-corrected chi connectivity index (χ1v) is 16.7. The summed E-state index contributed by atoms with van der Waals surface area (Å²) in [6, 6.07) is 17.6. The molecule has 2 aromatic rings. The second-order valence-electron chi connectivity index (χ2n) is 12.1. The van der Waals surface area contributed by atoms with Crippen LogP contribution in [0.1, 0.15) is 51.0 Å². The predicted molar refractivity (Wildman–Crippen MR) is 183 cm³/mol. The number of nitrogens with zero attached hydrogens (tertiary/aromatic N) is 3. The minimum absolute atomic E-state index is 0.00664. The molecule has 47 heavy (non-hydrogen) atoms. The van der Waals surface area contributed by atoms with Crippen LogP contribution >= 0.6 is 0 Å². The molecule has 0 spiro atoms. The summed E-state index contributed by atoms with van der Waals surface area (Å²) < 4.78 is 5.59. The second-order valence-corrected chi connectivity index (χ2v) is 12.1. The van der Waals surface area contributed by atoms with Gasteiger partial charge in [0, 0.05) is 39.2 Å². The Morgan fingerprint density at radius 3 is 2.00 bits per heavy atom. The maximum atomic E-state index is 12.7. The maximum Gasteiger partial charge on any atom is 0.317 e. The largest absolute Gasteiger partial charge is 0.480 e. The van der Waals surface area contributed by atoms with Gasteiger partial charge in [-0.15, -0.1) is 0 Å². The van der Waals surface area contributed by atoms with Crippen LogP contribution in [0.25, 0.3) is 11.1 Å². The molecule has 2 aromatic carbocycles. The third kappa shape index (κ3) is 17.9. The fraction of sp³-hybridized carbons (Fsp3) is 0.556. The molecule has 0 amide bonds. The molecule has 1 atom stereocenters. The normalized spacial score (nSPS) is 12.1. The third-order valence-corrected chi connectivity index (χ3v) is 8.06. The van der Waals surface area contributed by atoms with Gasteiger partial charge in [-0.1, -0.05) is 80.8 Å². The molecule has 0 bridgehead atoms. The van der Waals surface area contributed by atoms with Crippen molar-refractivity contribution in [2.24, 2.45) is 5.73 Å². The zero-order valence-electron chi connectivity index (χ0n) is 28.1. The number of unbranched alkanes of at least 4 members (excludes halogenated alkanes) is 4. The number of ketones is 2. The summed E-state index contributed by atoms with van der Waals surface area (Å²) in [5.74, 6) is -1.79. The van der Waals surface area contributed by atoms with Gasteiger partial charge in [-0.2, -0.15) is 0 Å². The molecule has 0 saturated heterocycles. The zero-order chi connectivity index (χ0) is 34.4. The van der Waals surface area contributed by atoms with E-state index in [-0.39, 0.29) is 37.8 Å². The minimum atomic E-state index is -0.907. The van der Waals surface area contributed by atoms with Gasteiger partial charge in [0.15, 0.2) is 5.78 Å². The number of carbonyl (C=O) groups is 4. The Hall–Kier alpha value is -3.48. The first kappa shape index (κ1) is 39.7. The number of likely N-dealkylation sites (N-methyl/N-ethyl adjacent to an activating group) is 2. The van der Waals surface area contributed by atoms with E-state index in [0.29, 0.717) is 52.2 Å². The number of carbonyl (C=O) groups excluding carboxylic acids is 2. The average molecular weight is 655 g/mol. The number of benzene rings is 2. The number of carboxylic acids is 2. The van der Waals surface area contributed by atoms with Crippen molar-refractivity contribution in [3.8, 4) is 11.1 Å². The highest BCUT2D eigenvalue weighted by atomic mass is 16.5. The molecule has 0 heterocycles. The lowest BCUT2D eigenvalue weighted by Crippen LogP contribution is -2.43. The fourth-order valence-electron chi connectivity index (χ4n) is 5.21. The Bertz CT molecular complexity index is 1210. The number of ether oxygens (including phenoxy) is 1. The van der Waals surface area contributed by atoms with E-state index in [1.807, 2.05) is 54.3 Å². The Kier molecular flexibility index (Phi) is 19.4. The van der Waals surface area contributed by atoms with E-state index >= 15 is 0 Å². The van der Waals surface area contributed by atoms with Gasteiger partial charge in [-0.3, -0.25) is 33.9 Å². The molecule has 0 fully saturated rings. The number of carboxylic acid groups (broad SMARTS) is 2. The molecule has 11 heteroatoms. The van der Waals surface area contributed by atoms with Gasteiger partial charge >= 0.3 is 11.9 Å². The summed E-state index contributed by atoms with van der Waals surface area (Å²) >= 11 is 0. The zero-order valence-corrected chi connectivity index (χ0v) is 28.1. The van der Waals surface area contributed by atoms with Crippen LogP contribution in [0.4, 0.5) is 0 Å². The highest BCUT2D eigenvalue weighted by Crippen LogP contribution is 2.19. The van der Waals surface area contributed by atoms with E-state index in [9.17, 15) is 19.2 Å². The number of rotatable bonds is 27. The van der Waals surface area contributed by atoms with Gasteiger partial charge in [0.25, 0.3) is 0 Å². The molecular weight excluding hydrogens is 600 g/mol. The quantitative estimate of drug-likeness (QED) is 0.121. The van der Waals surface area contributed by atoms with Crippen LogP contribution in [0.5, 0.6) is 0 Å². The summed E-state index contributed by atoms with van der Waals surface area (Å²) in [6.07, 6.45) is 5.38. The van der Waals surface area contributed by atoms with Gasteiger partial charge in [0.05, 0.1) is 25.7 Å². The Labute approximate surface area is 279 Å². The molecule has 0 radical (unpaired) electrons. The SMILES string of the molecule is CCN(CCN(CCN(C)CC(=O)O)CC(=O)CCCCCCCOCC(=O)[C@H](N)Cc1ccc(-c2ccccc2)cc1)CC(=O)O. The first-order valence-electron chi connectivity index (χ1n) is 16.7. The molecule has 0 saturated carbocycles. The lowest BCUT2D eigenvalue weighted by molar-refractivity contribution is -0.139. The predicted octanol–water partition coefficient (Wildman–Crippen LogP) is 3.44. The van der Waals surface area contributed by atoms with Gasteiger partial charge in [-0.25, -0.2) is 0 Å². The molecular formula is C36H54N4O7. The summed E-state index contributed by atoms with van der Waals surface area (Å²) in [5, 5.41) is 18.1. The summed E-state index contributed by atoms with van der Waals surface area (Å²) in [7, 11) is 1.72. The summed E-state index contributed by atoms with van der Waals surface area (Å²) in [5.41, 5.74) is 9.42. The lowest BCUT2D eigenvalue weighted by atomic mass is 9.99. The molecule has 4 N–H and O–H groups in total. The smallest absolute Gasteiger partial charge is 0.317 e. The average Bonchev–Trinajstić information content (AvgIpc) is 3.04. The molecule has 11 nitrogen and oxygen atoms in total. The molecule has 0 aliphatic rings. The summed E-state index contributed by atoms with van der Waals surface area (Å²) in [4.78, 5) is 52.8. The number of aliphatic carboxylic acids is 2. The van der Waals surface area contributed by atoms with Crippen LogP contribution in [-0.2, 0) is 30.3 Å². The maximum absolute atomic E-state index is 12.7. The second kappa shape index (κ2) is 22.9. The van der Waals surface area contributed by atoms with Crippen molar-refractivity contribution in [2.45, 2.75) is 57.9 Å². The number of nitrogens with two attached hydrogens (primary N) is 1. The highest BCUT2D eigenvalue weighted by molar-refractivity contribution is 5.85. The molecule has 0 aliphatic carbocycles. The van der Waals surface area contributed by atoms with E-state index in [1.54, 1.807) is 16.8 Å². The van der Waals surface area contributed by atoms with Crippen LogP contribution in [-0.4, -0.2) is 127 Å². The Morgan fingerprint density at radius 2 is 1.34 bits per heavy atom. The van der Waals surface area contributed by atoms with E-state index < -0.39 is 18.0 Å². The van der Waals surface area contributed by atoms with Crippen LogP contribution in [0.2, 0.25) is 0 Å². The van der Waals surface area contributed by atoms with Gasteiger partial charge < -0.3 is 20.7 Å². The number of hydrogen-bond acceptors (Lipinski definition) is 9. The van der Waals surface area contributed by atoms with E-state index in [0.717, 1.165) is 48.8 Å². The lowest BCUT2D eigenvalue weighted by Gasteiger charge is -2.27. The molecule has 0 aromatic heterocycles. The van der Waals surface area contributed by atoms with E-state index in [2.05, 4.69) is 12.1 Å². The van der Waals surface area contributed by atoms with Crippen molar-refractivity contribution < 1.29 is 34.1 Å². The summed E-state index contributed by atoms with van der Waals surface area (Å²) in [6.45, 7) is 5.17. The molecule has 2 rings (SSSR count). The van der Waals surface area contributed by atoms with Crippen LogP contribution in [0, 0.1) is 0 Å². The van der Waals surface area contributed by atoms with Crippen molar-refractivity contribution in [1.29, 1.82) is 0 Å². The van der Waals surface area contributed by atoms with Crippen molar-refractivity contribution in [2.75, 3.05) is 72.6 Å². The van der Waals surface area contributed by atoms with Crippen molar-refractivity contribution in [3.05, 3.63) is 60.2 Å². The number of hydrogen-bond donors (Lipinski definition) is 3. The molecule has 260 valence electrons. The standard InChI is InChI=1S/C36H54N4O7/c1-3-39(27-36(45)46)21-22-40(20-19-38(2)26-35(43)44)25-32(41)14-10-5-4-6-11-23-47-28-34(42)33(37)24-29-15-17-31(18-16-29)30-12-8-7-9-13-30/h7-9,12-13,15-18,33H,3-6,10-11,14,19-28,37H2,1-2H3,(H,43,44)(H,45,46)/t33-/m1/s1. The van der Waals surface area contributed by atoms with Crippen molar-refractivity contribution in [1.82, 2.24) is 14.7 Å². The van der Waals surface area contributed by atoms with Crippen molar-refractivity contribution >= 4 is 23.5 Å². The Morgan fingerprint density at radius 1 is 0.745 bits per heavy atom. The van der Waals surface area contributed by atoms with Crippen LogP contribution < -0.4 is 5.73 Å². The minimum Gasteiger partial charge on any atom is -0.480 e. The van der Waals surface area contributed by atoms with E-state index in [1.165, 1.54) is 0 Å². The third-order valence-electron chi connectivity index (χ3n) is 8.06. The van der Waals surface area contributed by atoms with Crippen LogP contribution in [0.3, 0.4) is 0 Å². The van der Waals surface area contributed by atoms with Gasteiger partial charge in [0.1, 0.15) is 12.4 Å². The topological polar surface area (TPSA) is 154 Å². The van der Waals surface area contributed by atoms with Crippen LogP contribution in [0.15, 0.2) is 54.6 Å². The van der Waals surface area contributed by atoms with Gasteiger partial charge in [0.2, 0.25) is 0 Å². The highest BCUT2D eigenvalue weighted by Gasteiger charge is 2.16. The number of Topliss-reactive ketones (excluding diaryl/α,β-unsaturated/α-hetero) is 2.